The van der Waals surface area contributed by atoms with Crippen molar-refractivity contribution in [3.63, 3.8) is 0 Å². The molecule has 1 fully saturated rings. The molecule has 1 aliphatic heterocycles. The maximum Gasteiger partial charge on any atom is 0.419 e. The number of amides is 1. The molecule has 2 aromatic carbocycles. The van der Waals surface area contributed by atoms with E-state index in [9.17, 15) is 9.59 Å². The summed E-state index contributed by atoms with van der Waals surface area (Å²) in [5.41, 5.74) is 4.43. The van der Waals surface area contributed by atoms with E-state index >= 15 is 0 Å². The highest BCUT2D eigenvalue weighted by Crippen LogP contribution is 2.26. The van der Waals surface area contributed by atoms with Gasteiger partial charge in [0.15, 0.2) is 5.58 Å². The number of hydrogen-bond donors (Lipinski definition) is 1. The number of rotatable bonds is 5. The molecular weight excluding hydrogens is 342 g/mol. The van der Waals surface area contributed by atoms with E-state index in [-0.39, 0.29) is 18.9 Å². The summed E-state index contributed by atoms with van der Waals surface area (Å²) in [5.74, 6) is -0.560. The van der Waals surface area contributed by atoms with Gasteiger partial charge in [-0.3, -0.25) is 9.36 Å². The molecule has 0 spiro atoms. The predicted molar refractivity (Wildman–Crippen MR) is 106 cm³/mol. The van der Waals surface area contributed by atoms with Crippen LogP contribution in [0.1, 0.15) is 24.8 Å². The number of benzene rings is 2. The number of aromatic nitrogens is 1. The van der Waals surface area contributed by atoms with Crippen molar-refractivity contribution in [2.45, 2.75) is 32.7 Å². The minimum absolute atomic E-state index is 0.125. The van der Waals surface area contributed by atoms with E-state index in [1.807, 2.05) is 30.3 Å². The Kier molecular flexibility index (Phi) is 4.71. The van der Waals surface area contributed by atoms with Crippen LogP contribution in [0, 0.1) is 6.92 Å². The molecular formula is C21H23N3O3. The standard InChI is InChI=1S/C21H23N3O3/c1-15-14-16(8-9-17(15)23-11-4-5-12-23)22-20(25)10-13-24-18-6-2-3-7-19(18)27-21(24)26/h2-3,6-9,14H,4-5,10-13H2,1H3,(H,22,25). The first kappa shape index (κ1) is 17.4. The number of anilines is 2. The minimum atomic E-state index is -0.435. The SMILES string of the molecule is Cc1cc(NC(=O)CCn2c(=O)oc3ccccc32)ccc1N1CCCC1. The number of fused-ring (bicyclic) bond motifs is 1. The summed E-state index contributed by atoms with van der Waals surface area (Å²) in [4.78, 5) is 26.7. The summed E-state index contributed by atoms with van der Waals surface area (Å²) in [5, 5.41) is 2.93. The fourth-order valence-electron chi connectivity index (χ4n) is 3.71. The van der Waals surface area contributed by atoms with E-state index in [4.69, 9.17) is 4.42 Å². The average molecular weight is 365 g/mol. The normalized spacial score (nSPS) is 14.0. The highest BCUT2D eigenvalue weighted by Gasteiger charge is 2.15. The van der Waals surface area contributed by atoms with Gasteiger partial charge in [0.25, 0.3) is 0 Å². The summed E-state index contributed by atoms with van der Waals surface area (Å²) in [6.45, 7) is 4.55. The Morgan fingerprint density at radius 2 is 1.93 bits per heavy atom. The molecule has 0 saturated carbocycles. The van der Waals surface area contributed by atoms with Gasteiger partial charge < -0.3 is 14.6 Å². The number of carbonyl (C=O) groups is 1. The zero-order chi connectivity index (χ0) is 18.8. The largest absolute Gasteiger partial charge is 0.419 e. The van der Waals surface area contributed by atoms with Crippen LogP contribution in [0.25, 0.3) is 11.1 Å². The molecule has 1 saturated heterocycles. The first-order chi connectivity index (χ1) is 13.1. The molecule has 3 aromatic rings. The zero-order valence-electron chi connectivity index (χ0n) is 15.4. The molecule has 1 N–H and O–H groups in total. The molecule has 1 amide bonds. The number of oxazole rings is 1. The molecule has 0 bridgehead atoms. The van der Waals surface area contributed by atoms with Crippen molar-refractivity contribution < 1.29 is 9.21 Å². The Morgan fingerprint density at radius 3 is 2.70 bits per heavy atom. The smallest absolute Gasteiger partial charge is 0.408 e. The molecule has 4 rings (SSSR count). The lowest BCUT2D eigenvalue weighted by Crippen LogP contribution is -2.20. The number of carbonyl (C=O) groups excluding carboxylic acids is 1. The van der Waals surface area contributed by atoms with Crippen LogP contribution in [-0.2, 0) is 11.3 Å². The van der Waals surface area contributed by atoms with E-state index in [1.54, 1.807) is 6.07 Å². The molecule has 0 radical (unpaired) electrons. The van der Waals surface area contributed by atoms with Crippen molar-refractivity contribution in [2.75, 3.05) is 23.3 Å². The summed E-state index contributed by atoms with van der Waals surface area (Å²) in [6.07, 6.45) is 2.68. The van der Waals surface area contributed by atoms with Crippen LogP contribution in [0.3, 0.4) is 0 Å². The van der Waals surface area contributed by atoms with E-state index < -0.39 is 5.76 Å². The fraction of sp³-hybridized carbons (Fsp3) is 0.333. The molecule has 2 heterocycles. The molecule has 1 aromatic heterocycles. The summed E-state index contributed by atoms with van der Waals surface area (Å²) in [6, 6.07) is 13.2. The van der Waals surface area contributed by atoms with Crippen LogP contribution in [0.15, 0.2) is 51.7 Å². The third kappa shape index (κ3) is 3.60. The first-order valence-corrected chi connectivity index (χ1v) is 9.35. The van der Waals surface area contributed by atoms with E-state index in [2.05, 4.69) is 23.2 Å². The van der Waals surface area contributed by atoms with Gasteiger partial charge in [-0.05, 0) is 55.7 Å². The lowest BCUT2D eigenvalue weighted by Gasteiger charge is -2.20. The molecule has 6 heteroatoms. The molecule has 140 valence electrons. The lowest BCUT2D eigenvalue weighted by molar-refractivity contribution is -0.116. The van der Waals surface area contributed by atoms with Gasteiger partial charge in [-0.25, -0.2) is 4.79 Å². The Morgan fingerprint density at radius 1 is 1.15 bits per heavy atom. The van der Waals surface area contributed by atoms with Crippen molar-refractivity contribution >= 4 is 28.4 Å². The number of nitrogens with zero attached hydrogens (tertiary/aromatic N) is 2. The van der Waals surface area contributed by atoms with Crippen molar-refractivity contribution in [3.8, 4) is 0 Å². The van der Waals surface area contributed by atoms with Gasteiger partial charge in [-0.2, -0.15) is 0 Å². The van der Waals surface area contributed by atoms with Crippen molar-refractivity contribution in [1.82, 2.24) is 4.57 Å². The summed E-state index contributed by atoms with van der Waals surface area (Å²) in [7, 11) is 0. The van der Waals surface area contributed by atoms with Gasteiger partial charge in [-0.15, -0.1) is 0 Å². The maximum atomic E-state index is 12.3. The van der Waals surface area contributed by atoms with Crippen LogP contribution in [-0.4, -0.2) is 23.6 Å². The van der Waals surface area contributed by atoms with Gasteiger partial charge in [-0.1, -0.05) is 12.1 Å². The van der Waals surface area contributed by atoms with Crippen molar-refractivity contribution in [1.29, 1.82) is 0 Å². The molecule has 27 heavy (non-hydrogen) atoms. The van der Waals surface area contributed by atoms with Gasteiger partial charge in [0, 0.05) is 37.4 Å². The van der Waals surface area contributed by atoms with Crippen LogP contribution in [0.5, 0.6) is 0 Å². The predicted octanol–water partition coefficient (Wildman–Crippen LogP) is 3.53. The van der Waals surface area contributed by atoms with Gasteiger partial charge in [0.2, 0.25) is 5.91 Å². The van der Waals surface area contributed by atoms with Crippen LogP contribution in [0.2, 0.25) is 0 Å². The van der Waals surface area contributed by atoms with Crippen LogP contribution in [0.4, 0.5) is 11.4 Å². The Labute approximate surface area is 157 Å². The number of hydrogen-bond acceptors (Lipinski definition) is 4. The minimum Gasteiger partial charge on any atom is -0.408 e. The summed E-state index contributed by atoms with van der Waals surface area (Å²) >= 11 is 0. The number of para-hydroxylation sites is 2. The highest BCUT2D eigenvalue weighted by molar-refractivity contribution is 5.91. The first-order valence-electron chi connectivity index (χ1n) is 9.35. The summed E-state index contributed by atoms with van der Waals surface area (Å²) < 4.78 is 6.69. The maximum absolute atomic E-state index is 12.3. The molecule has 6 nitrogen and oxygen atoms in total. The molecule has 0 atom stereocenters. The van der Waals surface area contributed by atoms with E-state index in [1.165, 1.54) is 23.1 Å². The second-order valence-corrected chi connectivity index (χ2v) is 6.98. The molecule has 0 unspecified atom stereocenters. The van der Waals surface area contributed by atoms with E-state index in [0.29, 0.717) is 11.1 Å². The van der Waals surface area contributed by atoms with Gasteiger partial charge in [0.05, 0.1) is 5.52 Å². The topological polar surface area (TPSA) is 67.5 Å². The van der Waals surface area contributed by atoms with Gasteiger partial charge in [0.1, 0.15) is 0 Å². The van der Waals surface area contributed by atoms with Crippen LogP contribution >= 0.6 is 0 Å². The number of nitrogens with one attached hydrogen (secondary N) is 1. The second kappa shape index (κ2) is 7.31. The van der Waals surface area contributed by atoms with Crippen molar-refractivity contribution in [2.24, 2.45) is 0 Å². The Bertz CT molecular complexity index is 1030. The van der Waals surface area contributed by atoms with Crippen LogP contribution < -0.4 is 16.0 Å². The van der Waals surface area contributed by atoms with E-state index in [0.717, 1.165) is 24.3 Å². The Balaban J connectivity index is 1.41. The highest BCUT2D eigenvalue weighted by atomic mass is 16.4. The fourth-order valence-corrected chi connectivity index (χ4v) is 3.71. The number of aryl methyl sites for hydroxylation is 2. The lowest BCUT2D eigenvalue weighted by atomic mass is 10.1. The average Bonchev–Trinajstić information content (AvgIpc) is 3.27. The third-order valence-corrected chi connectivity index (χ3v) is 5.06. The van der Waals surface area contributed by atoms with Gasteiger partial charge >= 0.3 is 5.76 Å². The quantitative estimate of drug-likeness (QED) is 0.751. The Hall–Kier alpha value is -3.02. The molecule has 0 aliphatic carbocycles. The third-order valence-electron chi connectivity index (χ3n) is 5.06. The second-order valence-electron chi connectivity index (χ2n) is 6.98. The monoisotopic (exact) mass is 365 g/mol. The van der Waals surface area contributed by atoms with Crippen molar-refractivity contribution in [3.05, 3.63) is 58.6 Å². The zero-order valence-corrected chi connectivity index (χ0v) is 15.4. The molecule has 1 aliphatic rings.